The molecule has 2 aliphatic heterocycles. The van der Waals surface area contributed by atoms with Crippen molar-refractivity contribution in [2.75, 3.05) is 0 Å². The molecular formula is C8H4N2O2S2. The van der Waals surface area contributed by atoms with Crippen molar-refractivity contribution in [2.24, 2.45) is 0 Å². The maximum Gasteiger partial charge on any atom is 0.297 e. The Hall–Kier alpha value is -1.27. The molecule has 0 radical (unpaired) electrons. The topological polar surface area (TPSA) is 56.0 Å². The summed E-state index contributed by atoms with van der Waals surface area (Å²) in [7, 11) is -1.24. The van der Waals surface area contributed by atoms with Gasteiger partial charge in [0.2, 0.25) is 0 Å². The average molecular weight is 224 g/mol. The molecule has 4 nitrogen and oxygen atoms in total. The van der Waals surface area contributed by atoms with Crippen LogP contribution in [0.4, 0.5) is 0 Å². The van der Waals surface area contributed by atoms with Crippen LogP contribution in [-0.4, -0.2) is 20.1 Å². The van der Waals surface area contributed by atoms with Gasteiger partial charge in [0.15, 0.2) is 17.0 Å². The van der Waals surface area contributed by atoms with E-state index in [1.54, 1.807) is 12.3 Å². The molecule has 3 rings (SSSR count). The number of fused-ring (bicyclic) bond motifs is 2. The van der Waals surface area contributed by atoms with E-state index in [1.165, 1.54) is 17.6 Å². The fraction of sp³-hybridized carbons (Fsp3) is 0. The molecule has 1 unspecified atom stereocenters. The van der Waals surface area contributed by atoms with Gasteiger partial charge in [0, 0.05) is 17.7 Å². The molecular weight excluding hydrogens is 220 g/mol. The highest BCUT2D eigenvalue weighted by Crippen LogP contribution is 2.44. The van der Waals surface area contributed by atoms with Gasteiger partial charge in [-0.3, -0.25) is 0 Å². The van der Waals surface area contributed by atoms with Gasteiger partial charge in [0.1, 0.15) is 10.6 Å². The first kappa shape index (κ1) is 8.07. The summed E-state index contributed by atoms with van der Waals surface area (Å²) in [6.45, 7) is 0. The van der Waals surface area contributed by atoms with E-state index < -0.39 is 10.8 Å². The van der Waals surface area contributed by atoms with Crippen LogP contribution in [0.2, 0.25) is 0 Å². The lowest BCUT2D eigenvalue weighted by Gasteiger charge is -2.24. The van der Waals surface area contributed by atoms with Crippen molar-refractivity contribution in [3.63, 3.8) is 0 Å². The van der Waals surface area contributed by atoms with Gasteiger partial charge in [-0.05, 0) is 0 Å². The highest BCUT2D eigenvalue weighted by Gasteiger charge is 2.44. The predicted molar refractivity (Wildman–Crippen MR) is 55.0 cm³/mol. The quantitative estimate of drug-likeness (QED) is 0.529. The molecule has 2 aliphatic rings. The van der Waals surface area contributed by atoms with E-state index in [0.717, 1.165) is 10.6 Å². The van der Waals surface area contributed by atoms with E-state index in [4.69, 9.17) is 0 Å². The zero-order valence-electron chi connectivity index (χ0n) is 6.84. The van der Waals surface area contributed by atoms with E-state index in [2.05, 4.69) is 4.98 Å². The average Bonchev–Trinajstić information content (AvgIpc) is 2.67. The van der Waals surface area contributed by atoms with Crippen LogP contribution in [0.25, 0.3) is 5.57 Å². The molecule has 1 aromatic rings. The smallest absolute Gasteiger partial charge is 0.297 e. The Morgan fingerprint density at radius 3 is 3.00 bits per heavy atom. The number of aromatic nitrogens is 1. The third-order valence-corrected chi connectivity index (χ3v) is 4.31. The summed E-state index contributed by atoms with van der Waals surface area (Å²) in [5.41, 5.74) is 0.746. The third kappa shape index (κ3) is 0.842. The van der Waals surface area contributed by atoms with E-state index in [0.29, 0.717) is 14.7 Å². The van der Waals surface area contributed by atoms with Crippen molar-refractivity contribution < 1.29 is 8.95 Å². The van der Waals surface area contributed by atoms with Gasteiger partial charge in [-0.1, -0.05) is 0 Å². The highest BCUT2D eigenvalue weighted by molar-refractivity contribution is 7.95. The number of thiazole rings is 1. The zero-order chi connectivity index (χ0) is 9.71. The van der Waals surface area contributed by atoms with Crippen molar-refractivity contribution in [3.8, 4) is 0 Å². The van der Waals surface area contributed by atoms with Gasteiger partial charge in [0.25, 0.3) is 5.03 Å². The van der Waals surface area contributed by atoms with Gasteiger partial charge in [-0.15, -0.1) is 11.3 Å². The largest absolute Gasteiger partial charge is 0.618 e. The molecule has 0 spiro atoms. The highest BCUT2D eigenvalue weighted by atomic mass is 32.2. The summed E-state index contributed by atoms with van der Waals surface area (Å²) in [4.78, 5) is 4.81. The molecule has 3 heterocycles. The van der Waals surface area contributed by atoms with Crippen molar-refractivity contribution in [2.45, 2.75) is 0 Å². The number of allylic oxidation sites excluding steroid dienone is 2. The molecule has 14 heavy (non-hydrogen) atoms. The molecule has 0 saturated carbocycles. The maximum atomic E-state index is 11.5. The van der Waals surface area contributed by atoms with Crippen LogP contribution < -0.4 is 0 Å². The summed E-state index contributed by atoms with van der Waals surface area (Å²) < 4.78 is 12.1. The minimum absolute atomic E-state index is 0.331. The fourth-order valence-corrected chi connectivity index (χ4v) is 3.49. The Labute approximate surface area is 86.0 Å². The zero-order valence-corrected chi connectivity index (χ0v) is 8.47. The lowest BCUT2D eigenvalue weighted by Crippen LogP contribution is -2.27. The summed E-state index contributed by atoms with van der Waals surface area (Å²) in [6, 6.07) is 0. The number of hydrogen-bond acceptors (Lipinski definition) is 4. The van der Waals surface area contributed by atoms with Gasteiger partial charge >= 0.3 is 0 Å². The monoisotopic (exact) mass is 224 g/mol. The Morgan fingerprint density at radius 2 is 2.43 bits per heavy atom. The summed E-state index contributed by atoms with van der Waals surface area (Å²) in [5, 5.41) is 14.2. The van der Waals surface area contributed by atoms with E-state index >= 15 is 0 Å². The molecule has 1 aromatic heterocycles. The van der Waals surface area contributed by atoms with Crippen molar-refractivity contribution in [1.82, 2.24) is 4.98 Å². The van der Waals surface area contributed by atoms with Crippen LogP contribution in [-0.2, 0) is 10.8 Å². The summed E-state index contributed by atoms with van der Waals surface area (Å²) in [5.74, 6) is 0. The molecule has 0 amide bonds. The Bertz CT molecular complexity index is 526. The van der Waals surface area contributed by atoms with Crippen molar-refractivity contribution in [3.05, 3.63) is 37.8 Å². The molecule has 1 atom stereocenters. The van der Waals surface area contributed by atoms with Crippen LogP contribution in [0.1, 0.15) is 5.01 Å². The summed E-state index contributed by atoms with van der Waals surface area (Å²) in [6.07, 6.45) is 4.64. The number of nitrogens with zero attached hydrogens (tertiary/aromatic N) is 2. The molecule has 0 N–H and O–H groups in total. The molecule has 0 fully saturated rings. The molecule has 0 saturated heterocycles. The minimum atomic E-state index is -1.24. The van der Waals surface area contributed by atoms with Crippen molar-refractivity contribution in [1.29, 1.82) is 0 Å². The Balaban J connectivity index is 2.25. The number of rotatable bonds is 1. The van der Waals surface area contributed by atoms with Gasteiger partial charge < -0.3 is 5.21 Å². The SMILES string of the molecule is O=S1c2cc[n+]([O-])c1c2-c1nccs1. The second-order valence-electron chi connectivity index (χ2n) is 2.79. The lowest BCUT2D eigenvalue weighted by atomic mass is 10.2. The van der Waals surface area contributed by atoms with Crippen LogP contribution in [0, 0.1) is 5.21 Å². The van der Waals surface area contributed by atoms with E-state index in [1.807, 2.05) is 5.38 Å². The molecule has 6 heteroatoms. The molecule has 0 aromatic carbocycles. The Morgan fingerprint density at radius 1 is 1.57 bits per heavy atom. The van der Waals surface area contributed by atoms with Gasteiger partial charge in [-0.25, -0.2) is 9.19 Å². The molecule has 0 aliphatic carbocycles. The van der Waals surface area contributed by atoms with Gasteiger partial charge in [-0.2, -0.15) is 4.74 Å². The molecule has 2 bridgehead atoms. The summed E-state index contributed by atoms with van der Waals surface area (Å²) >= 11 is 1.44. The Kier molecular flexibility index (Phi) is 1.51. The van der Waals surface area contributed by atoms with E-state index in [9.17, 15) is 9.42 Å². The van der Waals surface area contributed by atoms with Crippen molar-refractivity contribution >= 4 is 33.9 Å². The second kappa shape index (κ2) is 2.61. The first-order valence-electron chi connectivity index (χ1n) is 3.87. The standard InChI is InChI=1S/C8H4N2O2S2/c11-10-3-1-5-6(8(10)14(5)12)7-9-2-4-13-7/h1-4H. The minimum Gasteiger partial charge on any atom is -0.618 e. The lowest BCUT2D eigenvalue weighted by molar-refractivity contribution is -0.381. The predicted octanol–water partition coefficient (Wildman–Crippen LogP) is 1.05. The van der Waals surface area contributed by atoms with Crippen LogP contribution in [0.3, 0.4) is 0 Å². The van der Waals surface area contributed by atoms with Crippen LogP contribution >= 0.6 is 11.3 Å². The van der Waals surface area contributed by atoms with Crippen LogP contribution in [0.5, 0.6) is 0 Å². The fourth-order valence-electron chi connectivity index (χ4n) is 1.43. The first-order chi connectivity index (χ1) is 6.79. The maximum absolute atomic E-state index is 11.5. The number of hydrogen-bond donors (Lipinski definition) is 0. The van der Waals surface area contributed by atoms with Crippen LogP contribution in [0.15, 0.2) is 27.6 Å². The third-order valence-electron chi connectivity index (χ3n) is 2.04. The molecule has 70 valence electrons. The first-order valence-corrected chi connectivity index (χ1v) is 5.90. The second-order valence-corrected chi connectivity index (χ2v) is 5.05. The number of hydroxylamine groups is 1. The van der Waals surface area contributed by atoms with Gasteiger partial charge in [0.05, 0.1) is 4.91 Å². The normalized spacial score (nSPS) is 24.1. The van der Waals surface area contributed by atoms with E-state index in [-0.39, 0.29) is 0 Å².